The molecule has 3 aromatic rings. The van der Waals surface area contributed by atoms with E-state index in [4.69, 9.17) is 9.51 Å². The fourth-order valence-corrected chi connectivity index (χ4v) is 3.67. The lowest BCUT2D eigenvalue weighted by atomic mass is 10.2. The normalized spacial score (nSPS) is 14.2. The first-order valence-corrected chi connectivity index (χ1v) is 9.09. The zero-order chi connectivity index (χ0) is 16.2. The Morgan fingerprint density at radius 1 is 1.12 bits per heavy atom. The van der Waals surface area contributed by atoms with E-state index in [2.05, 4.69) is 25.7 Å². The minimum atomic E-state index is 0.517. The van der Waals surface area contributed by atoms with Crippen LogP contribution in [0.25, 0.3) is 11.5 Å². The molecule has 0 unspecified atom stereocenters. The molecule has 0 bridgehead atoms. The van der Waals surface area contributed by atoms with E-state index in [0.29, 0.717) is 11.8 Å². The summed E-state index contributed by atoms with van der Waals surface area (Å²) in [6.07, 6.45) is 3.40. The topological polar surface area (TPSA) is 67.1 Å². The van der Waals surface area contributed by atoms with Crippen molar-refractivity contribution < 1.29 is 4.52 Å². The first-order valence-electron chi connectivity index (χ1n) is 8.21. The molecule has 1 saturated heterocycles. The number of nitrogens with zero attached hydrogens (tertiary/aromatic N) is 4. The molecule has 3 heterocycles. The van der Waals surface area contributed by atoms with Gasteiger partial charge in [0.05, 0.1) is 5.69 Å². The second kappa shape index (κ2) is 7.00. The van der Waals surface area contributed by atoms with Crippen molar-refractivity contribution >= 4 is 22.4 Å². The van der Waals surface area contributed by atoms with E-state index in [0.717, 1.165) is 42.4 Å². The van der Waals surface area contributed by atoms with Crippen LogP contribution in [0.2, 0.25) is 0 Å². The number of benzene rings is 1. The Morgan fingerprint density at radius 2 is 1.96 bits per heavy atom. The van der Waals surface area contributed by atoms with Gasteiger partial charge in [-0.05, 0) is 30.1 Å². The Labute approximate surface area is 144 Å². The molecule has 2 aromatic heterocycles. The van der Waals surface area contributed by atoms with Gasteiger partial charge in [0.2, 0.25) is 0 Å². The molecule has 0 spiro atoms. The summed E-state index contributed by atoms with van der Waals surface area (Å²) < 4.78 is 5.28. The zero-order valence-electron chi connectivity index (χ0n) is 13.3. The molecule has 0 amide bonds. The maximum absolute atomic E-state index is 5.28. The van der Waals surface area contributed by atoms with Crippen LogP contribution in [0.4, 0.5) is 11.1 Å². The van der Waals surface area contributed by atoms with Gasteiger partial charge in [-0.2, -0.15) is 4.98 Å². The first kappa shape index (κ1) is 15.1. The lowest BCUT2D eigenvalue weighted by molar-refractivity contribution is 0.432. The number of anilines is 2. The van der Waals surface area contributed by atoms with Crippen LogP contribution in [0.15, 0.2) is 40.2 Å². The molecule has 7 heteroatoms. The van der Waals surface area contributed by atoms with Crippen LogP contribution in [0.3, 0.4) is 0 Å². The molecule has 1 aromatic carbocycles. The molecule has 0 aliphatic carbocycles. The molecule has 1 fully saturated rings. The van der Waals surface area contributed by atoms with Gasteiger partial charge in [0, 0.05) is 37.0 Å². The summed E-state index contributed by atoms with van der Waals surface area (Å²) >= 11 is 1.73. The van der Waals surface area contributed by atoms with Crippen molar-refractivity contribution in [1.82, 2.24) is 15.1 Å². The third-order valence-electron chi connectivity index (χ3n) is 4.03. The third kappa shape index (κ3) is 3.41. The highest BCUT2D eigenvalue weighted by molar-refractivity contribution is 7.13. The Kier molecular flexibility index (Phi) is 4.42. The number of rotatable bonds is 6. The summed E-state index contributed by atoms with van der Waals surface area (Å²) in [6.45, 7) is 3.00. The lowest BCUT2D eigenvalue weighted by Gasteiger charge is -2.12. The number of thiazole rings is 1. The summed E-state index contributed by atoms with van der Waals surface area (Å²) in [5.74, 6) is 1.05. The molecular formula is C17H19N5OS. The quantitative estimate of drug-likeness (QED) is 0.741. The predicted molar refractivity (Wildman–Crippen MR) is 95.5 cm³/mol. The highest BCUT2D eigenvalue weighted by Gasteiger charge is 2.15. The van der Waals surface area contributed by atoms with Crippen molar-refractivity contribution in [2.75, 3.05) is 29.9 Å². The van der Waals surface area contributed by atoms with E-state index >= 15 is 0 Å². The Morgan fingerprint density at radius 3 is 2.79 bits per heavy atom. The van der Waals surface area contributed by atoms with E-state index in [1.807, 2.05) is 30.3 Å². The van der Waals surface area contributed by atoms with Gasteiger partial charge in [-0.25, -0.2) is 4.98 Å². The first-order chi connectivity index (χ1) is 11.9. The van der Waals surface area contributed by atoms with Crippen molar-refractivity contribution in [3.8, 4) is 11.5 Å². The SMILES string of the molecule is c1ccc(-c2nc(NCCc3csc(N4CCCC4)n3)no2)cc1. The second-order valence-corrected chi connectivity index (χ2v) is 6.62. The van der Waals surface area contributed by atoms with Crippen molar-refractivity contribution in [2.24, 2.45) is 0 Å². The van der Waals surface area contributed by atoms with Crippen LogP contribution >= 0.6 is 11.3 Å². The predicted octanol–water partition coefficient (Wildman–Crippen LogP) is 3.45. The van der Waals surface area contributed by atoms with Gasteiger partial charge in [0.25, 0.3) is 11.8 Å². The minimum absolute atomic E-state index is 0.517. The number of nitrogens with one attached hydrogen (secondary N) is 1. The van der Waals surface area contributed by atoms with Gasteiger partial charge < -0.3 is 14.7 Å². The Hall–Kier alpha value is -2.41. The molecule has 0 radical (unpaired) electrons. The average molecular weight is 341 g/mol. The molecule has 1 N–H and O–H groups in total. The van der Waals surface area contributed by atoms with Gasteiger partial charge in [0.15, 0.2) is 5.13 Å². The molecule has 0 saturated carbocycles. The summed E-state index contributed by atoms with van der Waals surface area (Å²) in [5, 5.41) is 10.5. The molecule has 1 aliphatic rings. The van der Waals surface area contributed by atoms with Gasteiger partial charge in [-0.15, -0.1) is 11.3 Å². The lowest BCUT2D eigenvalue weighted by Crippen LogP contribution is -2.17. The van der Waals surface area contributed by atoms with Crippen molar-refractivity contribution in [1.29, 1.82) is 0 Å². The average Bonchev–Trinajstić information content (AvgIpc) is 3.37. The van der Waals surface area contributed by atoms with Gasteiger partial charge >= 0.3 is 0 Å². The Balaban J connectivity index is 1.31. The number of hydrogen-bond donors (Lipinski definition) is 1. The van der Waals surface area contributed by atoms with E-state index < -0.39 is 0 Å². The number of hydrogen-bond acceptors (Lipinski definition) is 7. The van der Waals surface area contributed by atoms with Gasteiger partial charge in [-0.1, -0.05) is 18.2 Å². The fourth-order valence-electron chi connectivity index (χ4n) is 2.76. The van der Waals surface area contributed by atoms with Crippen molar-refractivity contribution in [3.05, 3.63) is 41.4 Å². The van der Waals surface area contributed by atoms with Crippen LogP contribution in [0, 0.1) is 0 Å². The van der Waals surface area contributed by atoms with Crippen LogP contribution < -0.4 is 10.2 Å². The smallest absolute Gasteiger partial charge is 0.263 e. The maximum Gasteiger partial charge on any atom is 0.263 e. The highest BCUT2D eigenvalue weighted by atomic mass is 32.1. The van der Waals surface area contributed by atoms with Crippen LogP contribution in [0.5, 0.6) is 0 Å². The zero-order valence-corrected chi connectivity index (χ0v) is 14.1. The minimum Gasteiger partial charge on any atom is -0.351 e. The van der Waals surface area contributed by atoms with Crippen LogP contribution in [-0.2, 0) is 6.42 Å². The number of aromatic nitrogens is 3. The largest absolute Gasteiger partial charge is 0.351 e. The molecular weight excluding hydrogens is 322 g/mol. The molecule has 0 atom stereocenters. The van der Waals surface area contributed by atoms with Crippen molar-refractivity contribution in [3.63, 3.8) is 0 Å². The standard InChI is InChI=1S/C17H19N5OS/c1-2-6-13(7-3-1)15-20-16(21-23-15)18-9-8-14-12-24-17(19-14)22-10-4-5-11-22/h1-3,6-7,12H,4-5,8-11H2,(H,18,21). The molecule has 1 aliphatic heterocycles. The van der Waals surface area contributed by atoms with Crippen LogP contribution in [0.1, 0.15) is 18.5 Å². The van der Waals surface area contributed by atoms with Crippen LogP contribution in [-0.4, -0.2) is 34.8 Å². The molecule has 24 heavy (non-hydrogen) atoms. The van der Waals surface area contributed by atoms with Gasteiger partial charge in [-0.3, -0.25) is 0 Å². The molecule has 6 nitrogen and oxygen atoms in total. The monoisotopic (exact) mass is 341 g/mol. The van der Waals surface area contributed by atoms with E-state index in [1.54, 1.807) is 11.3 Å². The third-order valence-corrected chi connectivity index (χ3v) is 4.98. The van der Waals surface area contributed by atoms with Gasteiger partial charge in [0.1, 0.15) is 0 Å². The molecule has 124 valence electrons. The fraction of sp³-hybridized carbons (Fsp3) is 0.353. The maximum atomic E-state index is 5.28. The Bertz CT molecular complexity index is 779. The summed E-state index contributed by atoms with van der Waals surface area (Å²) in [5.41, 5.74) is 2.04. The van der Waals surface area contributed by atoms with E-state index in [9.17, 15) is 0 Å². The van der Waals surface area contributed by atoms with Crippen molar-refractivity contribution in [2.45, 2.75) is 19.3 Å². The highest BCUT2D eigenvalue weighted by Crippen LogP contribution is 2.24. The summed E-state index contributed by atoms with van der Waals surface area (Å²) in [4.78, 5) is 11.4. The van der Waals surface area contributed by atoms with E-state index in [-0.39, 0.29) is 0 Å². The molecule has 4 rings (SSSR count). The van der Waals surface area contributed by atoms with E-state index in [1.165, 1.54) is 12.8 Å². The summed E-state index contributed by atoms with van der Waals surface area (Å²) in [6, 6.07) is 9.77. The second-order valence-electron chi connectivity index (χ2n) is 5.78. The summed E-state index contributed by atoms with van der Waals surface area (Å²) in [7, 11) is 0.